The molecule has 0 spiro atoms. The molecule has 0 aromatic heterocycles. The second kappa shape index (κ2) is 4.06. The second-order valence-electron chi connectivity index (χ2n) is 2.90. The number of nitrogens with zero attached hydrogens (tertiary/aromatic N) is 1. The van der Waals surface area contributed by atoms with Crippen LogP contribution in [0.15, 0.2) is 0 Å². The fraction of sp³-hybridized carbons (Fsp3) is 0.714. The van der Waals surface area contributed by atoms with Crippen molar-refractivity contribution >= 4 is 11.9 Å². The number of nitrogens with one attached hydrogen (secondary N) is 2. The number of hydrogen-bond acceptors (Lipinski definition) is 3. The van der Waals surface area contributed by atoms with Gasteiger partial charge < -0.3 is 5.32 Å². The number of rotatable bonds is 0. The van der Waals surface area contributed by atoms with Crippen molar-refractivity contribution in [2.24, 2.45) is 0 Å². The zero-order valence-corrected chi connectivity index (χ0v) is 7.09. The molecule has 1 heterocycles. The zero-order chi connectivity index (χ0) is 8.97. The third-order valence-corrected chi connectivity index (χ3v) is 1.71. The highest BCUT2D eigenvalue weighted by Crippen LogP contribution is 1.93. The molecule has 0 saturated carbocycles. The molecule has 0 radical (unpaired) electrons. The summed E-state index contributed by atoms with van der Waals surface area (Å²) in [6, 6.07) is -0.409. The van der Waals surface area contributed by atoms with Gasteiger partial charge in [0, 0.05) is 6.42 Å². The van der Waals surface area contributed by atoms with Gasteiger partial charge in [-0.1, -0.05) is 0 Å². The van der Waals surface area contributed by atoms with E-state index in [-0.39, 0.29) is 5.91 Å². The smallest absolute Gasteiger partial charge is 0.322 e. The van der Waals surface area contributed by atoms with E-state index >= 15 is 0 Å². The van der Waals surface area contributed by atoms with E-state index in [1.807, 2.05) is 11.9 Å². The SMILES string of the molecule is CN1CCCC(=O)NC(=O)NC1. The highest BCUT2D eigenvalue weighted by molar-refractivity contribution is 5.94. The summed E-state index contributed by atoms with van der Waals surface area (Å²) >= 11 is 0. The van der Waals surface area contributed by atoms with Gasteiger partial charge in [-0.05, 0) is 20.0 Å². The Balaban J connectivity index is 2.47. The van der Waals surface area contributed by atoms with Crippen molar-refractivity contribution < 1.29 is 9.59 Å². The molecule has 5 nitrogen and oxygen atoms in total. The fourth-order valence-electron chi connectivity index (χ4n) is 1.03. The molecule has 3 amide bonds. The lowest BCUT2D eigenvalue weighted by molar-refractivity contribution is -0.120. The lowest BCUT2D eigenvalue weighted by Gasteiger charge is -2.14. The van der Waals surface area contributed by atoms with Crippen LogP contribution in [0.2, 0.25) is 0 Å². The zero-order valence-electron chi connectivity index (χ0n) is 7.09. The first-order valence-corrected chi connectivity index (χ1v) is 3.95. The molecular weight excluding hydrogens is 158 g/mol. The van der Waals surface area contributed by atoms with Crippen LogP contribution in [0.3, 0.4) is 0 Å². The van der Waals surface area contributed by atoms with Crippen molar-refractivity contribution in [1.29, 1.82) is 0 Å². The Bertz CT molecular complexity index is 193. The molecule has 1 saturated heterocycles. The predicted molar refractivity (Wildman–Crippen MR) is 43.4 cm³/mol. The number of carbonyl (C=O) groups is 2. The minimum atomic E-state index is -0.409. The van der Waals surface area contributed by atoms with E-state index in [0.29, 0.717) is 13.1 Å². The summed E-state index contributed by atoms with van der Waals surface area (Å²) in [6.07, 6.45) is 1.20. The Labute approximate surface area is 71.1 Å². The summed E-state index contributed by atoms with van der Waals surface area (Å²) in [5.74, 6) is -0.206. The van der Waals surface area contributed by atoms with Crippen molar-refractivity contribution in [3.8, 4) is 0 Å². The van der Waals surface area contributed by atoms with Crippen LogP contribution in [-0.2, 0) is 4.79 Å². The highest BCUT2D eigenvalue weighted by atomic mass is 16.2. The predicted octanol–water partition coefficient (Wildman–Crippen LogP) is -0.505. The Morgan fingerprint density at radius 3 is 2.92 bits per heavy atom. The minimum absolute atomic E-state index is 0.206. The van der Waals surface area contributed by atoms with Gasteiger partial charge in [0.2, 0.25) is 5.91 Å². The molecule has 0 unspecified atom stereocenters. The first-order valence-electron chi connectivity index (χ1n) is 3.95. The van der Waals surface area contributed by atoms with Crippen LogP contribution < -0.4 is 10.6 Å². The second-order valence-corrected chi connectivity index (χ2v) is 2.90. The maximum atomic E-state index is 10.9. The van der Waals surface area contributed by atoms with Gasteiger partial charge in [0.25, 0.3) is 0 Å². The molecular formula is C7H13N3O2. The summed E-state index contributed by atoms with van der Waals surface area (Å²) in [5, 5.41) is 4.79. The monoisotopic (exact) mass is 171 g/mol. The molecule has 0 aromatic rings. The van der Waals surface area contributed by atoms with Gasteiger partial charge >= 0.3 is 6.03 Å². The molecule has 1 aliphatic heterocycles. The Morgan fingerprint density at radius 1 is 1.42 bits per heavy atom. The van der Waals surface area contributed by atoms with Crippen LogP contribution in [-0.4, -0.2) is 37.1 Å². The Morgan fingerprint density at radius 2 is 2.17 bits per heavy atom. The van der Waals surface area contributed by atoms with E-state index in [0.717, 1.165) is 13.0 Å². The first-order chi connectivity index (χ1) is 5.68. The maximum absolute atomic E-state index is 10.9. The topological polar surface area (TPSA) is 61.4 Å². The van der Waals surface area contributed by atoms with Crippen LogP contribution in [0.4, 0.5) is 4.79 Å². The highest BCUT2D eigenvalue weighted by Gasteiger charge is 2.10. The van der Waals surface area contributed by atoms with E-state index in [1.165, 1.54) is 0 Å². The molecule has 1 rings (SSSR count). The summed E-state index contributed by atoms with van der Waals surface area (Å²) < 4.78 is 0. The molecule has 2 N–H and O–H groups in total. The van der Waals surface area contributed by atoms with Gasteiger partial charge in [-0.2, -0.15) is 0 Å². The summed E-state index contributed by atoms with van der Waals surface area (Å²) in [7, 11) is 1.90. The van der Waals surface area contributed by atoms with Crippen LogP contribution in [0, 0.1) is 0 Å². The third kappa shape index (κ3) is 2.87. The van der Waals surface area contributed by atoms with Gasteiger partial charge in [-0.15, -0.1) is 0 Å². The molecule has 0 atom stereocenters. The molecule has 1 aliphatic rings. The summed E-state index contributed by atoms with van der Waals surface area (Å²) in [4.78, 5) is 23.7. The van der Waals surface area contributed by atoms with Crippen LogP contribution in [0.5, 0.6) is 0 Å². The van der Waals surface area contributed by atoms with Gasteiger partial charge in [0.05, 0.1) is 6.67 Å². The molecule has 68 valence electrons. The molecule has 12 heavy (non-hydrogen) atoms. The number of hydrogen-bond donors (Lipinski definition) is 2. The average molecular weight is 171 g/mol. The van der Waals surface area contributed by atoms with Gasteiger partial charge in [0.1, 0.15) is 0 Å². The van der Waals surface area contributed by atoms with Gasteiger partial charge in [0.15, 0.2) is 0 Å². The number of urea groups is 1. The number of imide groups is 1. The van der Waals surface area contributed by atoms with Crippen molar-refractivity contribution in [3.05, 3.63) is 0 Å². The first kappa shape index (κ1) is 8.99. The van der Waals surface area contributed by atoms with Gasteiger partial charge in [-0.3, -0.25) is 15.0 Å². The molecule has 1 fully saturated rings. The molecule has 0 bridgehead atoms. The van der Waals surface area contributed by atoms with Crippen LogP contribution >= 0.6 is 0 Å². The largest absolute Gasteiger partial charge is 0.325 e. The van der Waals surface area contributed by atoms with Gasteiger partial charge in [-0.25, -0.2) is 4.79 Å². The average Bonchev–Trinajstić information content (AvgIpc) is 2.05. The van der Waals surface area contributed by atoms with Crippen molar-refractivity contribution in [1.82, 2.24) is 15.5 Å². The van der Waals surface area contributed by atoms with E-state index in [2.05, 4.69) is 10.6 Å². The van der Waals surface area contributed by atoms with Crippen molar-refractivity contribution in [2.45, 2.75) is 12.8 Å². The Kier molecular flexibility index (Phi) is 3.04. The van der Waals surface area contributed by atoms with Crippen LogP contribution in [0.1, 0.15) is 12.8 Å². The summed E-state index contributed by atoms with van der Waals surface area (Å²) in [5.41, 5.74) is 0. The van der Waals surface area contributed by atoms with E-state index < -0.39 is 6.03 Å². The Hall–Kier alpha value is -1.10. The lowest BCUT2D eigenvalue weighted by Crippen LogP contribution is -2.42. The molecule has 0 aliphatic carbocycles. The normalized spacial score (nSPS) is 21.8. The van der Waals surface area contributed by atoms with E-state index in [4.69, 9.17) is 0 Å². The summed E-state index contributed by atoms with van der Waals surface area (Å²) in [6.45, 7) is 1.31. The third-order valence-electron chi connectivity index (χ3n) is 1.71. The number of amides is 3. The van der Waals surface area contributed by atoms with Crippen LogP contribution in [0.25, 0.3) is 0 Å². The molecule has 5 heteroatoms. The molecule has 0 aromatic carbocycles. The number of carbonyl (C=O) groups excluding carboxylic acids is 2. The van der Waals surface area contributed by atoms with E-state index in [1.54, 1.807) is 0 Å². The standard InChI is InChI=1S/C7H13N3O2/c1-10-4-2-3-6(11)9-7(12)8-5-10/h2-5H2,1H3,(H2,8,9,11,12). The lowest BCUT2D eigenvalue weighted by atomic mass is 10.3. The quantitative estimate of drug-likeness (QED) is 0.516. The van der Waals surface area contributed by atoms with Crippen molar-refractivity contribution in [2.75, 3.05) is 20.3 Å². The van der Waals surface area contributed by atoms with Crippen molar-refractivity contribution in [3.63, 3.8) is 0 Å². The minimum Gasteiger partial charge on any atom is -0.325 e. The maximum Gasteiger partial charge on any atom is 0.322 e. The van der Waals surface area contributed by atoms with E-state index in [9.17, 15) is 9.59 Å². The fourth-order valence-corrected chi connectivity index (χ4v) is 1.03.